The SMILES string of the molecule is OC1CCCC[C@H]1Nc1nc2ccc(Oc3ccncc3C3CC3)cc2s1. The molecule has 2 N–H and O–H groups in total. The number of aromatic nitrogens is 2. The van der Waals surface area contributed by atoms with Crippen molar-refractivity contribution in [2.75, 3.05) is 5.32 Å². The van der Waals surface area contributed by atoms with Gasteiger partial charge in [0.15, 0.2) is 5.13 Å². The topological polar surface area (TPSA) is 67.3 Å². The molecule has 2 heterocycles. The number of nitrogens with zero attached hydrogens (tertiary/aromatic N) is 2. The second-order valence-corrected chi connectivity index (χ2v) is 8.57. The minimum atomic E-state index is -0.280. The van der Waals surface area contributed by atoms with E-state index in [0.717, 1.165) is 52.5 Å². The van der Waals surface area contributed by atoms with Crippen LogP contribution >= 0.6 is 11.3 Å². The number of benzene rings is 1. The maximum atomic E-state index is 10.2. The number of rotatable bonds is 5. The van der Waals surface area contributed by atoms with Crippen LogP contribution in [0, 0.1) is 0 Å². The summed E-state index contributed by atoms with van der Waals surface area (Å²) in [5.74, 6) is 2.32. The van der Waals surface area contributed by atoms with Crippen LogP contribution in [0.15, 0.2) is 36.7 Å². The highest BCUT2D eigenvalue weighted by atomic mass is 32.1. The number of thiazole rings is 1. The molecule has 0 aliphatic heterocycles. The van der Waals surface area contributed by atoms with Crippen molar-refractivity contribution in [1.29, 1.82) is 0 Å². The molecule has 0 radical (unpaired) electrons. The molecule has 0 saturated heterocycles. The van der Waals surface area contributed by atoms with Crippen molar-refractivity contribution in [2.24, 2.45) is 0 Å². The summed E-state index contributed by atoms with van der Waals surface area (Å²) in [6, 6.07) is 8.07. The molecule has 5 nitrogen and oxygen atoms in total. The standard InChI is InChI=1S/C21H23N3O2S/c25-18-4-2-1-3-16(18)23-21-24-17-8-7-14(11-20(17)27-21)26-19-9-10-22-12-15(19)13-5-6-13/h7-13,16,18,25H,1-6H2,(H,23,24)/t16-,18?/m1/s1. The lowest BCUT2D eigenvalue weighted by atomic mass is 9.93. The molecule has 0 spiro atoms. The first-order valence-corrected chi connectivity index (χ1v) is 10.5. The van der Waals surface area contributed by atoms with Crippen LogP contribution in [0.4, 0.5) is 5.13 Å². The highest BCUT2D eigenvalue weighted by Crippen LogP contribution is 2.45. The number of hydrogen-bond donors (Lipinski definition) is 2. The Labute approximate surface area is 162 Å². The van der Waals surface area contributed by atoms with E-state index in [4.69, 9.17) is 4.74 Å². The quantitative estimate of drug-likeness (QED) is 0.645. The van der Waals surface area contributed by atoms with Crippen LogP contribution in [-0.2, 0) is 0 Å². The number of nitrogens with one attached hydrogen (secondary N) is 1. The molecule has 2 aromatic heterocycles. The summed E-state index contributed by atoms with van der Waals surface area (Å²) < 4.78 is 7.26. The number of ether oxygens (including phenoxy) is 1. The molecule has 3 aromatic rings. The first-order valence-electron chi connectivity index (χ1n) is 9.73. The van der Waals surface area contributed by atoms with Gasteiger partial charge in [0.1, 0.15) is 11.5 Å². The van der Waals surface area contributed by atoms with E-state index in [-0.39, 0.29) is 12.1 Å². The van der Waals surface area contributed by atoms with E-state index in [0.29, 0.717) is 5.92 Å². The average molecular weight is 382 g/mol. The maximum absolute atomic E-state index is 10.2. The summed E-state index contributed by atoms with van der Waals surface area (Å²) in [6.45, 7) is 0. The molecule has 2 aliphatic carbocycles. The van der Waals surface area contributed by atoms with Crippen LogP contribution in [-0.4, -0.2) is 27.2 Å². The van der Waals surface area contributed by atoms with E-state index >= 15 is 0 Å². The van der Waals surface area contributed by atoms with E-state index in [1.807, 2.05) is 30.5 Å². The minimum absolute atomic E-state index is 0.105. The molecule has 2 atom stereocenters. The first-order chi connectivity index (χ1) is 13.3. The third-order valence-corrected chi connectivity index (χ3v) is 6.40. The van der Waals surface area contributed by atoms with E-state index in [2.05, 4.69) is 15.3 Å². The Morgan fingerprint density at radius 1 is 1.11 bits per heavy atom. The fraction of sp³-hybridized carbons (Fsp3) is 0.429. The normalized spacial score (nSPS) is 22.7. The Hall–Kier alpha value is -2.18. The van der Waals surface area contributed by atoms with Crippen molar-refractivity contribution < 1.29 is 9.84 Å². The predicted molar refractivity (Wildman–Crippen MR) is 108 cm³/mol. The summed E-state index contributed by atoms with van der Waals surface area (Å²) in [5.41, 5.74) is 2.16. The fourth-order valence-corrected chi connectivity index (χ4v) is 4.74. The number of anilines is 1. The average Bonchev–Trinajstić information content (AvgIpc) is 3.44. The lowest BCUT2D eigenvalue weighted by Gasteiger charge is -2.27. The van der Waals surface area contributed by atoms with Crippen LogP contribution in [0.5, 0.6) is 11.5 Å². The molecule has 27 heavy (non-hydrogen) atoms. The van der Waals surface area contributed by atoms with Gasteiger partial charge in [-0.1, -0.05) is 24.2 Å². The third kappa shape index (κ3) is 3.64. The second kappa shape index (κ2) is 7.09. The van der Waals surface area contributed by atoms with Gasteiger partial charge in [-0.25, -0.2) is 4.98 Å². The summed E-state index contributed by atoms with van der Waals surface area (Å²) in [7, 11) is 0. The van der Waals surface area contributed by atoms with E-state index < -0.39 is 0 Å². The Morgan fingerprint density at radius 3 is 2.85 bits per heavy atom. The van der Waals surface area contributed by atoms with Crippen LogP contribution in [0.2, 0.25) is 0 Å². The third-order valence-electron chi connectivity index (χ3n) is 5.45. The lowest BCUT2D eigenvalue weighted by molar-refractivity contribution is 0.116. The van der Waals surface area contributed by atoms with Crippen LogP contribution in [0.3, 0.4) is 0 Å². The maximum Gasteiger partial charge on any atom is 0.184 e. The molecule has 6 heteroatoms. The molecular formula is C21H23N3O2S. The zero-order valence-electron chi connectivity index (χ0n) is 15.1. The van der Waals surface area contributed by atoms with Gasteiger partial charge < -0.3 is 15.2 Å². The summed E-state index contributed by atoms with van der Waals surface area (Å²) in [4.78, 5) is 8.92. The van der Waals surface area contributed by atoms with Gasteiger partial charge in [0.2, 0.25) is 0 Å². The van der Waals surface area contributed by atoms with Crippen molar-refractivity contribution in [1.82, 2.24) is 9.97 Å². The van der Waals surface area contributed by atoms with Gasteiger partial charge in [0.25, 0.3) is 0 Å². The summed E-state index contributed by atoms with van der Waals surface area (Å²) in [6.07, 6.45) is 10.0. The van der Waals surface area contributed by atoms with E-state index in [1.54, 1.807) is 17.5 Å². The summed E-state index contributed by atoms with van der Waals surface area (Å²) in [5, 5.41) is 14.5. The minimum Gasteiger partial charge on any atom is -0.457 e. The number of hydrogen-bond acceptors (Lipinski definition) is 6. The number of aliphatic hydroxyl groups excluding tert-OH is 1. The van der Waals surface area contributed by atoms with Crippen LogP contribution in [0.25, 0.3) is 10.2 Å². The highest BCUT2D eigenvalue weighted by Gasteiger charge is 2.27. The number of aliphatic hydroxyl groups is 1. The van der Waals surface area contributed by atoms with E-state index in [1.165, 1.54) is 18.4 Å². The largest absolute Gasteiger partial charge is 0.457 e. The second-order valence-electron chi connectivity index (χ2n) is 7.54. The monoisotopic (exact) mass is 381 g/mol. The van der Waals surface area contributed by atoms with E-state index in [9.17, 15) is 5.11 Å². The van der Waals surface area contributed by atoms with Gasteiger partial charge in [-0.05, 0) is 49.8 Å². The Kier molecular flexibility index (Phi) is 4.45. The number of fused-ring (bicyclic) bond motifs is 1. The smallest absolute Gasteiger partial charge is 0.184 e. The van der Waals surface area contributed by atoms with Gasteiger partial charge >= 0.3 is 0 Å². The van der Waals surface area contributed by atoms with Crippen molar-refractivity contribution in [2.45, 2.75) is 56.6 Å². The van der Waals surface area contributed by atoms with Gasteiger partial charge in [-0.2, -0.15) is 0 Å². The van der Waals surface area contributed by atoms with Crippen molar-refractivity contribution in [3.63, 3.8) is 0 Å². The first kappa shape index (κ1) is 17.0. The van der Waals surface area contributed by atoms with Crippen molar-refractivity contribution in [3.8, 4) is 11.5 Å². The Bertz CT molecular complexity index is 954. The molecular weight excluding hydrogens is 358 g/mol. The van der Waals surface area contributed by atoms with Crippen LogP contribution in [0.1, 0.15) is 50.0 Å². The molecule has 1 unspecified atom stereocenters. The number of pyridine rings is 1. The van der Waals surface area contributed by atoms with Gasteiger partial charge in [-0.15, -0.1) is 0 Å². The zero-order chi connectivity index (χ0) is 18.2. The molecule has 1 aromatic carbocycles. The fourth-order valence-electron chi connectivity index (χ4n) is 3.78. The molecule has 140 valence electrons. The molecule has 0 bridgehead atoms. The Balaban J connectivity index is 1.36. The predicted octanol–water partition coefficient (Wildman–Crippen LogP) is 5.08. The lowest BCUT2D eigenvalue weighted by Crippen LogP contribution is -2.36. The molecule has 0 amide bonds. The van der Waals surface area contributed by atoms with Gasteiger partial charge in [-0.3, -0.25) is 4.98 Å². The zero-order valence-corrected chi connectivity index (χ0v) is 15.9. The Morgan fingerprint density at radius 2 is 2.00 bits per heavy atom. The molecule has 5 rings (SSSR count). The van der Waals surface area contributed by atoms with Crippen molar-refractivity contribution >= 4 is 26.7 Å². The van der Waals surface area contributed by atoms with Gasteiger partial charge in [0.05, 0.1) is 22.4 Å². The molecule has 2 aliphatic rings. The van der Waals surface area contributed by atoms with Crippen molar-refractivity contribution in [3.05, 3.63) is 42.2 Å². The van der Waals surface area contributed by atoms with Gasteiger partial charge in [0, 0.05) is 24.0 Å². The highest BCUT2D eigenvalue weighted by molar-refractivity contribution is 7.22. The molecule has 2 saturated carbocycles. The summed E-state index contributed by atoms with van der Waals surface area (Å²) >= 11 is 1.61. The molecule has 2 fully saturated rings. The van der Waals surface area contributed by atoms with Crippen LogP contribution < -0.4 is 10.1 Å².